The summed E-state index contributed by atoms with van der Waals surface area (Å²) in [5, 5.41) is 0. The minimum Gasteiger partial charge on any atom is -0.462 e. The van der Waals surface area contributed by atoms with Gasteiger partial charge < -0.3 is 14.2 Å². The van der Waals surface area contributed by atoms with Crippen LogP contribution >= 0.6 is 0 Å². The molecule has 0 aromatic rings. The largest absolute Gasteiger partial charge is 0.462 e. The average molecular weight is 1130 g/mol. The highest BCUT2D eigenvalue weighted by Crippen LogP contribution is 2.20. The normalized spacial score (nSPS) is 11.9. The molecular formula is C74H144O6. The standard InChI is InChI=1S/C74H144O6/c1-4-7-10-13-16-19-21-23-25-27-29-31-32-33-34-35-36-37-38-39-40-41-42-43-45-46-48-50-52-55-58-61-64-67-73(76)79-70-71(69-78-72(75)66-63-60-57-54-18-15-12-9-6-3)80-74(77)68-65-62-59-56-53-51-49-47-44-30-28-26-24-22-20-17-14-11-8-5-2/h71H,4-70H2,1-3H3. The molecule has 0 amide bonds. The smallest absolute Gasteiger partial charge is 0.306 e. The van der Waals surface area contributed by atoms with Crippen LogP contribution in [0.4, 0.5) is 0 Å². The molecule has 0 radical (unpaired) electrons. The topological polar surface area (TPSA) is 78.9 Å². The van der Waals surface area contributed by atoms with Crippen LogP contribution < -0.4 is 0 Å². The van der Waals surface area contributed by atoms with Gasteiger partial charge in [0.15, 0.2) is 6.10 Å². The van der Waals surface area contributed by atoms with Crippen LogP contribution in [0.5, 0.6) is 0 Å². The van der Waals surface area contributed by atoms with Crippen LogP contribution in [0.2, 0.25) is 0 Å². The van der Waals surface area contributed by atoms with E-state index in [1.165, 1.54) is 340 Å². The molecule has 0 saturated heterocycles. The highest BCUT2D eigenvalue weighted by molar-refractivity contribution is 5.71. The lowest BCUT2D eigenvalue weighted by atomic mass is 10.0. The lowest BCUT2D eigenvalue weighted by Crippen LogP contribution is -2.30. The predicted molar refractivity (Wildman–Crippen MR) is 349 cm³/mol. The molecule has 476 valence electrons. The quantitative estimate of drug-likeness (QED) is 0.0343. The summed E-state index contributed by atoms with van der Waals surface area (Å²) in [7, 11) is 0. The second-order valence-corrected chi connectivity index (χ2v) is 25.6. The maximum Gasteiger partial charge on any atom is 0.306 e. The number of hydrogen-bond acceptors (Lipinski definition) is 6. The van der Waals surface area contributed by atoms with E-state index in [4.69, 9.17) is 14.2 Å². The van der Waals surface area contributed by atoms with Crippen molar-refractivity contribution in [2.75, 3.05) is 13.2 Å². The van der Waals surface area contributed by atoms with Crippen molar-refractivity contribution in [3.63, 3.8) is 0 Å². The summed E-state index contributed by atoms with van der Waals surface area (Å²) in [5.74, 6) is -0.826. The lowest BCUT2D eigenvalue weighted by molar-refractivity contribution is -0.167. The number of carbonyl (C=O) groups excluding carboxylic acids is 3. The fraction of sp³-hybridized carbons (Fsp3) is 0.959. The summed E-state index contributed by atoms with van der Waals surface area (Å²) in [6.45, 7) is 6.72. The van der Waals surface area contributed by atoms with Crippen LogP contribution in [-0.4, -0.2) is 37.2 Å². The van der Waals surface area contributed by atoms with Crippen LogP contribution in [-0.2, 0) is 28.6 Å². The molecule has 0 rings (SSSR count). The summed E-state index contributed by atoms with van der Waals surface area (Å²) < 4.78 is 17.0. The molecule has 0 aromatic heterocycles. The molecule has 0 aliphatic carbocycles. The fourth-order valence-electron chi connectivity index (χ4n) is 11.8. The van der Waals surface area contributed by atoms with E-state index in [1.54, 1.807) is 0 Å². The molecule has 1 unspecified atom stereocenters. The van der Waals surface area contributed by atoms with Crippen LogP contribution in [0.1, 0.15) is 438 Å². The summed E-state index contributed by atoms with van der Waals surface area (Å²) in [6, 6.07) is 0. The van der Waals surface area contributed by atoms with Crippen molar-refractivity contribution >= 4 is 17.9 Å². The third-order valence-electron chi connectivity index (χ3n) is 17.4. The molecule has 0 N–H and O–H groups in total. The van der Waals surface area contributed by atoms with Crippen LogP contribution in [0.15, 0.2) is 0 Å². The van der Waals surface area contributed by atoms with E-state index in [-0.39, 0.29) is 31.1 Å². The minimum absolute atomic E-state index is 0.0607. The third-order valence-corrected chi connectivity index (χ3v) is 17.4. The Hall–Kier alpha value is -1.59. The summed E-state index contributed by atoms with van der Waals surface area (Å²) >= 11 is 0. The van der Waals surface area contributed by atoms with Crippen molar-refractivity contribution < 1.29 is 28.6 Å². The lowest BCUT2D eigenvalue weighted by Gasteiger charge is -2.18. The zero-order valence-electron chi connectivity index (χ0n) is 54.9. The first-order chi connectivity index (χ1) is 39.5. The summed E-state index contributed by atoms with van der Waals surface area (Å²) in [6.07, 6.45) is 83.2. The maximum absolute atomic E-state index is 12.9. The van der Waals surface area contributed by atoms with Crippen LogP contribution in [0.3, 0.4) is 0 Å². The van der Waals surface area contributed by atoms with Crippen molar-refractivity contribution in [2.45, 2.75) is 444 Å². The molecule has 6 nitrogen and oxygen atoms in total. The SMILES string of the molecule is CCCCCCCCCCCCCCCCCCCCCCCCCCCCCCCCCCCC(=O)OCC(COC(=O)CCCCCCCCCCC)OC(=O)CCCCCCCCCCCCCCCCCCCCCC. The van der Waals surface area contributed by atoms with E-state index in [2.05, 4.69) is 20.8 Å². The molecule has 0 saturated carbocycles. The molecule has 0 spiro atoms. The Balaban J connectivity index is 3.98. The van der Waals surface area contributed by atoms with Crippen LogP contribution in [0, 0.1) is 0 Å². The van der Waals surface area contributed by atoms with Gasteiger partial charge in [-0.15, -0.1) is 0 Å². The first kappa shape index (κ1) is 78.4. The highest BCUT2D eigenvalue weighted by Gasteiger charge is 2.20. The van der Waals surface area contributed by atoms with Gasteiger partial charge in [0.1, 0.15) is 13.2 Å². The summed E-state index contributed by atoms with van der Waals surface area (Å²) in [4.78, 5) is 38.3. The van der Waals surface area contributed by atoms with Crippen molar-refractivity contribution in [2.24, 2.45) is 0 Å². The summed E-state index contributed by atoms with van der Waals surface area (Å²) in [5.41, 5.74) is 0. The van der Waals surface area contributed by atoms with Crippen LogP contribution in [0.25, 0.3) is 0 Å². The van der Waals surface area contributed by atoms with Gasteiger partial charge in [-0.3, -0.25) is 14.4 Å². The number of hydrogen-bond donors (Lipinski definition) is 0. The second-order valence-electron chi connectivity index (χ2n) is 25.6. The van der Waals surface area contributed by atoms with Gasteiger partial charge in [0, 0.05) is 19.3 Å². The number of unbranched alkanes of at least 4 members (excludes halogenated alkanes) is 59. The molecular weight excluding hydrogens is 985 g/mol. The number of esters is 3. The molecule has 0 aliphatic heterocycles. The molecule has 1 atom stereocenters. The van der Waals surface area contributed by atoms with Gasteiger partial charge in [0.05, 0.1) is 0 Å². The van der Waals surface area contributed by atoms with Gasteiger partial charge >= 0.3 is 17.9 Å². The van der Waals surface area contributed by atoms with E-state index in [9.17, 15) is 14.4 Å². The van der Waals surface area contributed by atoms with Gasteiger partial charge in [-0.2, -0.15) is 0 Å². The third kappa shape index (κ3) is 67.2. The van der Waals surface area contributed by atoms with E-state index in [0.717, 1.165) is 57.8 Å². The second kappa shape index (κ2) is 69.9. The van der Waals surface area contributed by atoms with E-state index in [0.29, 0.717) is 19.3 Å². The van der Waals surface area contributed by atoms with E-state index in [1.807, 2.05) is 0 Å². The molecule has 0 aliphatic rings. The Labute approximate surface area is 501 Å². The monoisotopic (exact) mass is 1130 g/mol. The van der Waals surface area contributed by atoms with Crippen molar-refractivity contribution in [3.05, 3.63) is 0 Å². The molecule has 80 heavy (non-hydrogen) atoms. The maximum atomic E-state index is 12.9. The number of carbonyl (C=O) groups is 3. The Kier molecular flexibility index (Phi) is 68.5. The van der Waals surface area contributed by atoms with Crippen molar-refractivity contribution in [1.29, 1.82) is 0 Å². The first-order valence-electron chi connectivity index (χ1n) is 37.0. The average Bonchev–Trinajstić information content (AvgIpc) is 3.46. The van der Waals surface area contributed by atoms with Crippen molar-refractivity contribution in [3.8, 4) is 0 Å². The zero-order valence-corrected chi connectivity index (χ0v) is 54.9. The van der Waals surface area contributed by atoms with E-state index < -0.39 is 6.10 Å². The number of rotatable bonds is 70. The van der Waals surface area contributed by atoms with Gasteiger partial charge in [-0.1, -0.05) is 400 Å². The fourth-order valence-corrected chi connectivity index (χ4v) is 11.8. The van der Waals surface area contributed by atoms with Gasteiger partial charge in [0.25, 0.3) is 0 Å². The predicted octanol–water partition coefficient (Wildman–Crippen LogP) is 25.4. The number of ether oxygens (including phenoxy) is 3. The Morgan fingerprint density at radius 3 is 0.500 bits per heavy atom. The molecule has 0 heterocycles. The Bertz CT molecular complexity index is 1200. The molecule has 6 heteroatoms. The Morgan fingerprint density at radius 2 is 0.338 bits per heavy atom. The molecule has 0 bridgehead atoms. The van der Waals surface area contributed by atoms with Crippen molar-refractivity contribution in [1.82, 2.24) is 0 Å². The zero-order chi connectivity index (χ0) is 57.8. The minimum atomic E-state index is -0.762. The van der Waals surface area contributed by atoms with Gasteiger partial charge in [-0.25, -0.2) is 0 Å². The van der Waals surface area contributed by atoms with Gasteiger partial charge in [-0.05, 0) is 19.3 Å². The Morgan fingerprint density at radius 1 is 0.200 bits per heavy atom. The highest BCUT2D eigenvalue weighted by atomic mass is 16.6. The van der Waals surface area contributed by atoms with Gasteiger partial charge in [0.2, 0.25) is 0 Å². The van der Waals surface area contributed by atoms with E-state index >= 15 is 0 Å². The first-order valence-corrected chi connectivity index (χ1v) is 37.0. The molecule has 0 aromatic carbocycles. The molecule has 0 fully saturated rings.